The highest BCUT2D eigenvalue weighted by atomic mass is 19.1. The molecule has 3 rings (SSSR count). The average molecular weight is 479 g/mol. The maximum Gasteiger partial charge on any atom is 0.340 e. The van der Waals surface area contributed by atoms with Gasteiger partial charge in [-0.1, -0.05) is 24.3 Å². The molecule has 1 aromatic carbocycles. The van der Waals surface area contributed by atoms with Gasteiger partial charge >= 0.3 is 11.9 Å². The monoisotopic (exact) mass is 478 g/mol. The number of hydrogen-bond donors (Lipinski definition) is 0. The number of carbonyl (C=O) groups excluding carboxylic acids is 2. The van der Waals surface area contributed by atoms with Crippen LogP contribution in [0.3, 0.4) is 0 Å². The predicted molar refractivity (Wildman–Crippen MR) is 128 cm³/mol. The van der Waals surface area contributed by atoms with Gasteiger partial charge in [-0.25, -0.2) is 18.4 Å². The molecule has 4 nitrogen and oxygen atoms in total. The van der Waals surface area contributed by atoms with Crippen LogP contribution in [-0.2, 0) is 31.9 Å². The number of ether oxygens (including phenoxy) is 2. The quantitative estimate of drug-likeness (QED) is 0.362. The highest BCUT2D eigenvalue weighted by Gasteiger charge is 2.26. The Morgan fingerprint density at radius 3 is 1.32 bits per heavy atom. The van der Waals surface area contributed by atoms with E-state index in [1.54, 1.807) is 0 Å². The third-order valence-corrected chi connectivity index (χ3v) is 7.51. The van der Waals surface area contributed by atoms with Crippen LogP contribution in [0.2, 0.25) is 0 Å². The largest absolute Gasteiger partial charge is 0.460 e. The summed E-state index contributed by atoms with van der Waals surface area (Å²) in [4.78, 5) is 22.8. The van der Waals surface area contributed by atoms with Gasteiger partial charge in [-0.05, 0) is 114 Å². The highest BCUT2D eigenvalue weighted by molar-refractivity contribution is 5.74. The number of rotatable bonds is 10. The van der Waals surface area contributed by atoms with Crippen molar-refractivity contribution in [2.24, 2.45) is 11.8 Å². The SMILES string of the molecule is CC(F)C(=O)OC1CCC(CCc2ccc(CCC3CCC(OC(=O)C(C)F)CC3)cc2)CC1. The van der Waals surface area contributed by atoms with Crippen molar-refractivity contribution in [1.82, 2.24) is 0 Å². The Hall–Kier alpha value is -1.98. The van der Waals surface area contributed by atoms with Crippen LogP contribution in [0.25, 0.3) is 0 Å². The van der Waals surface area contributed by atoms with Crippen molar-refractivity contribution in [2.75, 3.05) is 0 Å². The highest BCUT2D eigenvalue weighted by Crippen LogP contribution is 2.31. The summed E-state index contributed by atoms with van der Waals surface area (Å²) < 4.78 is 36.4. The van der Waals surface area contributed by atoms with Gasteiger partial charge in [-0.2, -0.15) is 0 Å². The molecule has 0 N–H and O–H groups in total. The molecule has 0 aromatic heterocycles. The first-order chi connectivity index (χ1) is 16.3. The van der Waals surface area contributed by atoms with Gasteiger partial charge in [0, 0.05) is 0 Å². The van der Waals surface area contributed by atoms with E-state index in [1.165, 1.54) is 25.0 Å². The maximum absolute atomic E-state index is 13.0. The van der Waals surface area contributed by atoms with Gasteiger partial charge < -0.3 is 9.47 Å². The van der Waals surface area contributed by atoms with Crippen molar-refractivity contribution in [3.63, 3.8) is 0 Å². The number of aryl methyl sites for hydroxylation is 2. The molecule has 1 aromatic rings. The van der Waals surface area contributed by atoms with Crippen molar-refractivity contribution < 1.29 is 27.8 Å². The maximum atomic E-state index is 13.0. The summed E-state index contributed by atoms with van der Waals surface area (Å²) in [5, 5.41) is 0. The minimum Gasteiger partial charge on any atom is -0.460 e. The van der Waals surface area contributed by atoms with E-state index in [0.29, 0.717) is 11.8 Å². The van der Waals surface area contributed by atoms with Crippen LogP contribution in [0, 0.1) is 11.8 Å². The van der Waals surface area contributed by atoms with E-state index < -0.39 is 24.3 Å². The summed E-state index contributed by atoms with van der Waals surface area (Å²) in [7, 11) is 0. The Balaban J connectivity index is 1.30. The molecule has 0 saturated heterocycles. The van der Waals surface area contributed by atoms with Gasteiger partial charge in [0.1, 0.15) is 12.2 Å². The van der Waals surface area contributed by atoms with E-state index in [2.05, 4.69) is 24.3 Å². The molecule has 0 spiro atoms. The third-order valence-electron chi connectivity index (χ3n) is 7.51. The number of alkyl halides is 2. The van der Waals surface area contributed by atoms with E-state index in [4.69, 9.17) is 9.47 Å². The first-order valence-corrected chi connectivity index (χ1v) is 13.1. The molecule has 34 heavy (non-hydrogen) atoms. The predicted octanol–water partition coefficient (Wildman–Crippen LogP) is 6.47. The summed E-state index contributed by atoms with van der Waals surface area (Å²) >= 11 is 0. The molecule has 2 fully saturated rings. The van der Waals surface area contributed by atoms with Gasteiger partial charge in [0.15, 0.2) is 12.3 Å². The molecule has 6 heteroatoms. The van der Waals surface area contributed by atoms with E-state index >= 15 is 0 Å². The zero-order chi connectivity index (χ0) is 24.5. The van der Waals surface area contributed by atoms with Gasteiger partial charge in [-0.15, -0.1) is 0 Å². The summed E-state index contributed by atoms with van der Waals surface area (Å²) in [5.41, 5.74) is 2.71. The number of halogens is 2. The van der Waals surface area contributed by atoms with Crippen LogP contribution in [0.1, 0.15) is 89.2 Å². The second-order valence-corrected chi connectivity index (χ2v) is 10.3. The Labute approximate surface area is 202 Å². The molecule has 2 atom stereocenters. The summed E-state index contributed by atoms with van der Waals surface area (Å²) in [5.74, 6) is -0.185. The lowest BCUT2D eigenvalue weighted by Gasteiger charge is -2.28. The van der Waals surface area contributed by atoms with Crippen molar-refractivity contribution >= 4 is 11.9 Å². The van der Waals surface area contributed by atoms with Gasteiger partial charge in [0.2, 0.25) is 0 Å². The standard InChI is InChI=1S/C28H40F2O4/c1-19(29)27(31)33-25-15-11-23(12-16-25)9-7-21-3-5-22(6-4-21)8-10-24-13-17-26(18-14-24)34-28(32)20(2)30/h3-6,19-20,23-26H,7-18H2,1-2H3. The Morgan fingerprint density at radius 2 is 1.03 bits per heavy atom. The normalized spacial score (nSPS) is 26.9. The van der Waals surface area contributed by atoms with Gasteiger partial charge in [0.25, 0.3) is 0 Å². The second kappa shape index (κ2) is 13.2. The Morgan fingerprint density at radius 1 is 0.706 bits per heavy atom. The van der Waals surface area contributed by atoms with Gasteiger partial charge in [0.05, 0.1) is 0 Å². The average Bonchev–Trinajstić information content (AvgIpc) is 2.83. The fraction of sp³-hybridized carbons (Fsp3) is 0.714. The van der Waals surface area contributed by atoms with E-state index in [9.17, 15) is 18.4 Å². The summed E-state index contributed by atoms with van der Waals surface area (Å²) in [6.45, 7) is 2.45. The molecule has 0 amide bonds. The fourth-order valence-corrected chi connectivity index (χ4v) is 5.21. The molecule has 2 aliphatic rings. The molecule has 0 radical (unpaired) electrons. The molecule has 0 heterocycles. The van der Waals surface area contributed by atoms with Crippen LogP contribution >= 0.6 is 0 Å². The summed E-state index contributed by atoms with van der Waals surface area (Å²) in [6, 6.07) is 8.94. The van der Waals surface area contributed by atoms with Crippen molar-refractivity contribution in [1.29, 1.82) is 0 Å². The number of esters is 2. The summed E-state index contributed by atoms with van der Waals surface area (Å²) in [6.07, 6.45) is 8.52. The Bertz CT molecular complexity index is 696. The number of hydrogen-bond acceptors (Lipinski definition) is 4. The lowest BCUT2D eigenvalue weighted by atomic mass is 9.83. The van der Waals surface area contributed by atoms with Crippen molar-refractivity contribution in [2.45, 2.75) is 115 Å². The smallest absolute Gasteiger partial charge is 0.340 e. The molecule has 2 unspecified atom stereocenters. The minimum atomic E-state index is -1.54. The van der Waals surface area contributed by atoms with Gasteiger partial charge in [-0.3, -0.25) is 0 Å². The molecule has 0 aliphatic heterocycles. The van der Waals surface area contributed by atoms with Crippen LogP contribution < -0.4 is 0 Å². The molecular formula is C28H40F2O4. The van der Waals surface area contributed by atoms with E-state index in [0.717, 1.165) is 77.0 Å². The third kappa shape index (κ3) is 8.66. The molecule has 190 valence electrons. The second-order valence-electron chi connectivity index (χ2n) is 10.3. The van der Waals surface area contributed by atoms with E-state index in [1.807, 2.05) is 0 Å². The van der Waals surface area contributed by atoms with Crippen LogP contribution in [0.4, 0.5) is 8.78 Å². The topological polar surface area (TPSA) is 52.6 Å². The van der Waals surface area contributed by atoms with Crippen molar-refractivity contribution in [3.8, 4) is 0 Å². The number of benzene rings is 1. The van der Waals surface area contributed by atoms with E-state index in [-0.39, 0.29) is 12.2 Å². The first-order valence-electron chi connectivity index (χ1n) is 13.1. The number of carbonyl (C=O) groups is 2. The zero-order valence-electron chi connectivity index (χ0n) is 20.6. The first kappa shape index (κ1) is 26.6. The zero-order valence-corrected chi connectivity index (χ0v) is 20.6. The van der Waals surface area contributed by atoms with Crippen molar-refractivity contribution in [3.05, 3.63) is 35.4 Å². The molecule has 2 saturated carbocycles. The molecule has 2 aliphatic carbocycles. The molecule has 0 bridgehead atoms. The molecular weight excluding hydrogens is 438 g/mol. The lowest BCUT2D eigenvalue weighted by Crippen LogP contribution is -2.27. The Kier molecular flexibility index (Phi) is 10.3. The van der Waals surface area contributed by atoms with Crippen LogP contribution in [0.5, 0.6) is 0 Å². The lowest BCUT2D eigenvalue weighted by molar-refractivity contribution is -0.157. The van der Waals surface area contributed by atoms with Crippen LogP contribution in [-0.4, -0.2) is 36.5 Å². The van der Waals surface area contributed by atoms with Crippen LogP contribution in [0.15, 0.2) is 24.3 Å². The minimum absolute atomic E-state index is 0.120. The fourth-order valence-electron chi connectivity index (χ4n) is 5.21.